The number of ketones is 1. The number of nitrogens with zero attached hydrogens (tertiary/aromatic N) is 1. The number of hydrogen-bond donors (Lipinski definition) is 0. The molecule has 0 aliphatic heterocycles. The van der Waals surface area contributed by atoms with Gasteiger partial charge in [-0.15, -0.1) is 0 Å². The standard InChI is InChI=1S/C15H11NOS/c16-11-18-15(13-9-5-2-6-10-13)14(17)12-7-3-1-4-8-12/h1-10,15H/t15-/m0/s1. The summed E-state index contributed by atoms with van der Waals surface area (Å²) in [4.78, 5) is 12.4. The van der Waals surface area contributed by atoms with Crippen molar-refractivity contribution in [1.82, 2.24) is 0 Å². The molecule has 0 aromatic heterocycles. The van der Waals surface area contributed by atoms with E-state index in [1.54, 1.807) is 12.1 Å². The summed E-state index contributed by atoms with van der Waals surface area (Å²) in [6.07, 6.45) is 0. The van der Waals surface area contributed by atoms with Crippen LogP contribution in [-0.4, -0.2) is 5.78 Å². The van der Waals surface area contributed by atoms with E-state index in [9.17, 15) is 4.79 Å². The first-order chi connectivity index (χ1) is 8.83. The fraction of sp³-hybridized carbons (Fsp3) is 0.0667. The Kier molecular flexibility index (Phi) is 4.16. The number of carbonyl (C=O) groups excluding carboxylic acids is 1. The Hall–Kier alpha value is -2.05. The van der Waals surface area contributed by atoms with E-state index in [0.717, 1.165) is 17.3 Å². The molecular weight excluding hydrogens is 242 g/mol. The van der Waals surface area contributed by atoms with Crippen LogP contribution >= 0.6 is 11.8 Å². The van der Waals surface area contributed by atoms with Gasteiger partial charge >= 0.3 is 0 Å². The fourth-order valence-electron chi connectivity index (χ4n) is 1.71. The van der Waals surface area contributed by atoms with Gasteiger partial charge in [-0.2, -0.15) is 5.26 Å². The highest BCUT2D eigenvalue weighted by atomic mass is 32.2. The van der Waals surface area contributed by atoms with Gasteiger partial charge in [0.2, 0.25) is 0 Å². The first-order valence-corrected chi connectivity index (χ1v) is 6.40. The molecule has 0 amide bonds. The second-order valence-corrected chi connectivity index (χ2v) is 4.62. The summed E-state index contributed by atoms with van der Waals surface area (Å²) >= 11 is 0.988. The first-order valence-electron chi connectivity index (χ1n) is 5.52. The van der Waals surface area contributed by atoms with Gasteiger partial charge in [-0.05, 0) is 17.3 Å². The highest BCUT2D eigenvalue weighted by Gasteiger charge is 2.22. The van der Waals surface area contributed by atoms with Gasteiger partial charge in [-0.25, -0.2) is 0 Å². The molecule has 0 N–H and O–H groups in total. The van der Waals surface area contributed by atoms with Gasteiger partial charge in [0.15, 0.2) is 5.78 Å². The van der Waals surface area contributed by atoms with Crippen LogP contribution in [-0.2, 0) is 0 Å². The minimum absolute atomic E-state index is 0.0339. The van der Waals surface area contributed by atoms with Gasteiger partial charge in [0.25, 0.3) is 0 Å². The third-order valence-corrected chi connectivity index (χ3v) is 3.40. The molecule has 0 aliphatic carbocycles. The summed E-state index contributed by atoms with van der Waals surface area (Å²) in [5.74, 6) is -0.0339. The Morgan fingerprint density at radius 3 is 2.11 bits per heavy atom. The molecule has 0 saturated heterocycles. The maximum atomic E-state index is 12.4. The minimum atomic E-state index is -0.460. The van der Waals surface area contributed by atoms with Crippen molar-refractivity contribution in [2.45, 2.75) is 5.25 Å². The summed E-state index contributed by atoms with van der Waals surface area (Å²) in [6.45, 7) is 0. The molecule has 0 aliphatic rings. The van der Waals surface area contributed by atoms with Crippen molar-refractivity contribution < 1.29 is 4.79 Å². The number of nitriles is 1. The molecule has 2 aromatic rings. The molecule has 0 bridgehead atoms. The Morgan fingerprint density at radius 2 is 1.56 bits per heavy atom. The van der Waals surface area contributed by atoms with Gasteiger partial charge in [0.05, 0.1) is 0 Å². The van der Waals surface area contributed by atoms with Crippen LogP contribution in [0.15, 0.2) is 60.7 Å². The number of thiocyanates is 1. The zero-order valence-electron chi connectivity index (χ0n) is 9.61. The third kappa shape index (κ3) is 2.79. The number of rotatable bonds is 4. The van der Waals surface area contributed by atoms with E-state index >= 15 is 0 Å². The van der Waals surface area contributed by atoms with Gasteiger partial charge < -0.3 is 0 Å². The Bertz CT molecular complexity index is 560. The summed E-state index contributed by atoms with van der Waals surface area (Å²) in [5.41, 5.74) is 1.49. The highest BCUT2D eigenvalue weighted by Crippen LogP contribution is 2.31. The number of hydrogen-bond acceptors (Lipinski definition) is 3. The van der Waals surface area contributed by atoms with Crippen LogP contribution in [0.4, 0.5) is 0 Å². The number of benzene rings is 2. The van der Waals surface area contributed by atoms with E-state index in [1.165, 1.54) is 0 Å². The molecule has 18 heavy (non-hydrogen) atoms. The normalized spacial score (nSPS) is 11.5. The van der Waals surface area contributed by atoms with E-state index < -0.39 is 5.25 Å². The minimum Gasteiger partial charge on any atom is -0.292 e. The molecule has 1 atom stereocenters. The average Bonchev–Trinajstić information content (AvgIpc) is 2.46. The highest BCUT2D eigenvalue weighted by molar-refractivity contribution is 8.04. The van der Waals surface area contributed by atoms with E-state index in [-0.39, 0.29) is 5.78 Å². The second-order valence-electron chi connectivity index (χ2n) is 3.73. The zero-order chi connectivity index (χ0) is 12.8. The molecule has 3 heteroatoms. The molecule has 0 radical (unpaired) electrons. The molecular formula is C15H11NOS. The van der Waals surface area contributed by atoms with Gasteiger partial charge in [0, 0.05) is 5.56 Å². The van der Waals surface area contributed by atoms with Crippen molar-refractivity contribution in [3.63, 3.8) is 0 Å². The van der Waals surface area contributed by atoms with Crippen molar-refractivity contribution >= 4 is 17.5 Å². The molecule has 88 valence electrons. The Labute approximate surface area is 110 Å². The maximum Gasteiger partial charge on any atom is 0.181 e. The lowest BCUT2D eigenvalue weighted by Gasteiger charge is -2.11. The quantitative estimate of drug-likeness (QED) is 0.614. The Balaban J connectivity index is 2.32. The van der Waals surface area contributed by atoms with Crippen molar-refractivity contribution in [2.24, 2.45) is 0 Å². The number of carbonyl (C=O) groups is 1. The Morgan fingerprint density at radius 1 is 1.00 bits per heavy atom. The van der Waals surface area contributed by atoms with Crippen molar-refractivity contribution in [1.29, 1.82) is 5.26 Å². The van der Waals surface area contributed by atoms with Crippen LogP contribution < -0.4 is 0 Å². The summed E-state index contributed by atoms with van der Waals surface area (Å²) in [7, 11) is 0. The van der Waals surface area contributed by atoms with Crippen LogP contribution in [0.3, 0.4) is 0 Å². The van der Waals surface area contributed by atoms with E-state index in [4.69, 9.17) is 5.26 Å². The molecule has 2 rings (SSSR count). The van der Waals surface area contributed by atoms with Crippen molar-refractivity contribution in [2.75, 3.05) is 0 Å². The SMILES string of the molecule is N#CS[C@H](C(=O)c1ccccc1)c1ccccc1. The molecule has 0 fully saturated rings. The summed E-state index contributed by atoms with van der Waals surface area (Å²) < 4.78 is 0. The van der Waals surface area contributed by atoms with E-state index in [0.29, 0.717) is 5.56 Å². The van der Waals surface area contributed by atoms with Gasteiger partial charge in [-0.3, -0.25) is 4.79 Å². The molecule has 0 saturated carbocycles. The van der Waals surface area contributed by atoms with Gasteiger partial charge in [-0.1, -0.05) is 60.7 Å². The fourth-order valence-corrected chi connectivity index (χ4v) is 2.35. The molecule has 0 unspecified atom stereocenters. The molecule has 2 nitrogen and oxygen atoms in total. The van der Waals surface area contributed by atoms with Crippen molar-refractivity contribution in [3.8, 4) is 5.40 Å². The maximum absolute atomic E-state index is 12.4. The van der Waals surface area contributed by atoms with E-state index in [2.05, 4.69) is 0 Å². The lowest BCUT2D eigenvalue weighted by molar-refractivity contribution is 0.0990. The lowest BCUT2D eigenvalue weighted by atomic mass is 10.0. The van der Waals surface area contributed by atoms with E-state index in [1.807, 2.05) is 53.9 Å². The smallest absolute Gasteiger partial charge is 0.181 e. The largest absolute Gasteiger partial charge is 0.292 e. The average molecular weight is 253 g/mol. The number of Topliss-reactive ketones (excluding diaryl/α,β-unsaturated/α-hetero) is 1. The summed E-state index contributed by atoms with van der Waals surface area (Å²) in [6, 6.07) is 18.4. The molecule has 2 aromatic carbocycles. The van der Waals surface area contributed by atoms with Gasteiger partial charge in [0.1, 0.15) is 10.7 Å². The van der Waals surface area contributed by atoms with Crippen LogP contribution in [0, 0.1) is 10.7 Å². The van der Waals surface area contributed by atoms with Crippen LogP contribution in [0.5, 0.6) is 0 Å². The van der Waals surface area contributed by atoms with Crippen LogP contribution in [0.25, 0.3) is 0 Å². The molecule has 0 spiro atoms. The summed E-state index contributed by atoms with van der Waals surface area (Å²) in [5, 5.41) is 10.4. The predicted molar refractivity (Wildman–Crippen MR) is 73.2 cm³/mol. The van der Waals surface area contributed by atoms with Crippen LogP contribution in [0.1, 0.15) is 21.2 Å². The zero-order valence-corrected chi connectivity index (χ0v) is 10.4. The molecule has 0 heterocycles. The first kappa shape index (κ1) is 12.4. The second kappa shape index (κ2) is 6.04. The topological polar surface area (TPSA) is 40.9 Å². The number of thioether (sulfide) groups is 1. The van der Waals surface area contributed by atoms with Crippen molar-refractivity contribution in [3.05, 3.63) is 71.8 Å². The predicted octanol–water partition coefficient (Wildman–Crippen LogP) is 3.82. The van der Waals surface area contributed by atoms with Crippen LogP contribution in [0.2, 0.25) is 0 Å². The third-order valence-electron chi connectivity index (χ3n) is 2.57. The monoisotopic (exact) mass is 253 g/mol. The lowest BCUT2D eigenvalue weighted by Crippen LogP contribution is -2.09.